The Morgan fingerprint density at radius 1 is 1.11 bits per heavy atom. The van der Waals surface area contributed by atoms with Crippen LogP contribution in [0.4, 0.5) is 17.5 Å². The molecule has 0 amide bonds. The van der Waals surface area contributed by atoms with Gasteiger partial charge in [0.05, 0.1) is 25.8 Å². The Balaban J connectivity index is 1.53. The van der Waals surface area contributed by atoms with Crippen LogP contribution < -0.4 is 15.0 Å². The van der Waals surface area contributed by atoms with E-state index in [1.807, 2.05) is 47.0 Å². The molecule has 8 nitrogen and oxygen atoms in total. The molecular weight excluding hydrogens is 356 g/mol. The van der Waals surface area contributed by atoms with Gasteiger partial charge in [-0.1, -0.05) is 6.07 Å². The highest BCUT2D eigenvalue weighted by molar-refractivity contribution is 5.83. The molecule has 0 spiro atoms. The van der Waals surface area contributed by atoms with Crippen molar-refractivity contribution in [2.75, 3.05) is 43.6 Å². The molecule has 5 rings (SSSR count). The molecule has 142 valence electrons. The lowest BCUT2D eigenvalue weighted by molar-refractivity contribution is 0.122. The Kier molecular flexibility index (Phi) is 4.17. The number of ether oxygens (including phenoxy) is 2. The van der Waals surface area contributed by atoms with Crippen molar-refractivity contribution in [1.82, 2.24) is 19.6 Å². The second kappa shape index (κ2) is 6.97. The normalized spacial score (nSPS) is 14.5. The number of anilines is 3. The van der Waals surface area contributed by atoms with E-state index in [0.29, 0.717) is 30.6 Å². The summed E-state index contributed by atoms with van der Waals surface area (Å²) in [5, 5.41) is 9.04. The Morgan fingerprint density at radius 3 is 2.86 bits per heavy atom. The number of aromatic nitrogens is 4. The highest BCUT2D eigenvalue weighted by atomic mass is 16.5. The minimum Gasteiger partial charge on any atom is -0.493 e. The molecule has 1 N–H and O–H groups in total. The summed E-state index contributed by atoms with van der Waals surface area (Å²) in [5.74, 6) is 2.17. The predicted octanol–water partition coefficient (Wildman–Crippen LogP) is 2.87. The zero-order chi connectivity index (χ0) is 18.9. The molecule has 3 aromatic heterocycles. The van der Waals surface area contributed by atoms with Crippen LogP contribution in [-0.2, 0) is 4.74 Å². The van der Waals surface area contributed by atoms with Crippen LogP contribution in [0.1, 0.15) is 0 Å². The lowest BCUT2D eigenvalue weighted by Gasteiger charge is -2.28. The number of morpholine rings is 1. The van der Waals surface area contributed by atoms with Gasteiger partial charge in [0, 0.05) is 30.4 Å². The first kappa shape index (κ1) is 16.8. The molecule has 0 radical (unpaired) electrons. The predicted molar refractivity (Wildman–Crippen MR) is 108 cm³/mol. The first-order chi connectivity index (χ1) is 13.8. The maximum atomic E-state index is 5.49. The van der Waals surface area contributed by atoms with Crippen molar-refractivity contribution in [3.05, 3.63) is 48.7 Å². The van der Waals surface area contributed by atoms with Gasteiger partial charge in [0.2, 0.25) is 11.6 Å². The van der Waals surface area contributed by atoms with Crippen LogP contribution in [-0.4, -0.2) is 53.0 Å². The molecule has 0 saturated carbocycles. The maximum absolute atomic E-state index is 5.49. The van der Waals surface area contributed by atoms with Crippen LogP contribution in [0.25, 0.3) is 16.6 Å². The quantitative estimate of drug-likeness (QED) is 0.587. The lowest BCUT2D eigenvalue weighted by Crippen LogP contribution is -2.37. The van der Waals surface area contributed by atoms with E-state index in [1.54, 1.807) is 13.3 Å². The SMILES string of the molecule is COc1ccc(N2CCOCC2)n2nc(Nc3ccc4ncccc4c3)nc12. The summed E-state index contributed by atoms with van der Waals surface area (Å²) in [5.41, 5.74) is 2.53. The topological polar surface area (TPSA) is 76.8 Å². The first-order valence-electron chi connectivity index (χ1n) is 9.20. The van der Waals surface area contributed by atoms with Crippen molar-refractivity contribution < 1.29 is 9.47 Å². The second-order valence-electron chi connectivity index (χ2n) is 6.57. The Morgan fingerprint density at radius 2 is 2.00 bits per heavy atom. The van der Waals surface area contributed by atoms with E-state index in [1.165, 1.54) is 0 Å². The van der Waals surface area contributed by atoms with Gasteiger partial charge in [0.15, 0.2) is 5.75 Å². The van der Waals surface area contributed by atoms with E-state index >= 15 is 0 Å². The first-order valence-corrected chi connectivity index (χ1v) is 9.20. The van der Waals surface area contributed by atoms with E-state index in [2.05, 4.69) is 25.3 Å². The van der Waals surface area contributed by atoms with Crippen molar-refractivity contribution in [3.63, 3.8) is 0 Å². The lowest BCUT2D eigenvalue weighted by atomic mass is 10.2. The van der Waals surface area contributed by atoms with Crippen molar-refractivity contribution in [3.8, 4) is 5.75 Å². The summed E-state index contributed by atoms with van der Waals surface area (Å²) in [6.07, 6.45) is 1.79. The average Bonchev–Trinajstić information content (AvgIpc) is 3.17. The van der Waals surface area contributed by atoms with Gasteiger partial charge < -0.3 is 19.7 Å². The number of pyridine rings is 2. The molecule has 4 aromatic rings. The number of nitrogens with one attached hydrogen (secondary N) is 1. The van der Waals surface area contributed by atoms with E-state index in [4.69, 9.17) is 9.47 Å². The molecular formula is C20H20N6O2. The third-order valence-corrected chi connectivity index (χ3v) is 4.84. The highest BCUT2D eigenvalue weighted by Crippen LogP contribution is 2.27. The Bertz CT molecular complexity index is 1140. The fraction of sp³-hybridized carbons (Fsp3) is 0.250. The number of fused-ring (bicyclic) bond motifs is 2. The molecule has 0 unspecified atom stereocenters. The third kappa shape index (κ3) is 2.97. The number of benzene rings is 1. The van der Waals surface area contributed by atoms with Crippen LogP contribution in [0.5, 0.6) is 5.75 Å². The van der Waals surface area contributed by atoms with Crippen LogP contribution in [0.3, 0.4) is 0 Å². The third-order valence-electron chi connectivity index (χ3n) is 4.84. The van der Waals surface area contributed by atoms with E-state index in [0.717, 1.165) is 35.5 Å². The molecule has 0 atom stereocenters. The summed E-state index contributed by atoms with van der Waals surface area (Å²) < 4.78 is 12.8. The van der Waals surface area contributed by atoms with Crippen LogP contribution in [0, 0.1) is 0 Å². The Hall–Kier alpha value is -3.39. The molecule has 0 aliphatic carbocycles. The van der Waals surface area contributed by atoms with Gasteiger partial charge >= 0.3 is 0 Å². The van der Waals surface area contributed by atoms with E-state index < -0.39 is 0 Å². The second-order valence-corrected chi connectivity index (χ2v) is 6.57. The average molecular weight is 376 g/mol. The van der Waals surface area contributed by atoms with Gasteiger partial charge in [-0.2, -0.15) is 9.50 Å². The summed E-state index contributed by atoms with van der Waals surface area (Å²) in [6.45, 7) is 3.06. The van der Waals surface area contributed by atoms with E-state index in [-0.39, 0.29) is 0 Å². The molecule has 1 aromatic carbocycles. The van der Waals surface area contributed by atoms with Crippen molar-refractivity contribution in [2.45, 2.75) is 0 Å². The van der Waals surface area contributed by atoms with Gasteiger partial charge in [-0.3, -0.25) is 4.98 Å². The van der Waals surface area contributed by atoms with Crippen LogP contribution in [0.15, 0.2) is 48.7 Å². The summed E-state index contributed by atoms with van der Waals surface area (Å²) >= 11 is 0. The van der Waals surface area contributed by atoms with Gasteiger partial charge in [0.25, 0.3) is 0 Å². The minimum atomic E-state index is 0.516. The van der Waals surface area contributed by atoms with E-state index in [9.17, 15) is 0 Å². The molecule has 1 fully saturated rings. The zero-order valence-electron chi connectivity index (χ0n) is 15.5. The van der Waals surface area contributed by atoms with Crippen LogP contribution >= 0.6 is 0 Å². The minimum absolute atomic E-state index is 0.516. The highest BCUT2D eigenvalue weighted by Gasteiger charge is 2.18. The van der Waals surface area contributed by atoms with Crippen LogP contribution in [0.2, 0.25) is 0 Å². The number of nitrogens with zero attached hydrogens (tertiary/aromatic N) is 5. The number of hydrogen-bond acceptors (Lipinski definition) is 7. The zero-order valence-corrected chi connectivity index (χ0v) is 15.5. The number of rotatable bonds is 4. The summed E-state index contributed by atoms with van der Waals surface area (Å²) in [4.78, 5) is 11.3. The van der Waals surface area contributed by atoms with Gasteiger partial charge in [-0.05, 0) is 36.4 Å². The summed E-state index contributed by atoms with van der Waals surface area (Å²) in [7, 11) is 1.64. The summed E-state index contributed by atoms with van der Waals surface area (Å²) in [6, 6.07) is 13.9. The maximum Gasteiger partial charge on any atom is 0.247 e. The molecule has 8 heteroatoms. The number of methoxy groups -OCH3 is 1. The fourth-order valence-electron chi connectivity index (χ4n) is 3.45. The molecule has 1 aliphatic rings. The van der Waals surface area contributed by atoms with Gasteiger partial charge in [0.1, 0.15) is 5.82 Å². The van der Waals surface area contributed by atoms with Gasteiger partial charge in [-0.25, -0.2) is 0 Å². The van der Waals surface area contributed by atoms with Gasteiger partial charge in [-0.15, -0.1) is 5.10 Å². The smallest absolute Gasteiger partial charge is 0.247 e. The van der Waals surface area contributed by atoms with Crippen molar-refractivity contribution in [1.29, 1.82) is 0 Å². The standard InChI is InChI=1S/C20H20N6O2/c1-27-17-6-7-18(25-9-11-28-12-10-25)26-19(17)23-20(24-26)22-15-4-5-16-14(13-15)3-2-8-21-16/h2-8,13H,9-12H2,1H3,(H,22,24). The molecule has 4 heterocycles. The molecule has 1 aliphatic heterocycles. The molecule has 1 saturated heterocycles. The molecule has 0 bridgehead atoms. The monoisotopic (exact) mass is 376 g/mol. The van der Waals surface area contributed by atoms with Crippen molar-refractivity contribution in [2.24, 2.45) is 0 Å². The Labute approximate surface area is 161 Å². The van der Waals surface area contributed by atoms with Crippen molar-refractivity contribution >= 4 is 34.0 Å². The number of hydrogen-bond donors (Lipinski definition) is 1. The largest absolute Gasteiger partial charge is 0.493 e. The molecule has 28 heavy (non-hydrogen) atoms. The fourth-order valence-corrected chi connectivity index (χ4v) is 3.45.